The van der Waals surface area contributed by atoms with E-state index >= 15 is 0 Å². The van der Waals surface area contributed by atoms with Crippen molar-refractivity contribution in [2.75, 3.05) is 19.6 Å². The van der Waals surface area contributed by atoms with Crippen molar-refractivity contribution in [1.29, 1.82) is 0 Å². The second-order valence-corrected chi connectivity index (χ2v) is 5.89. The van der Waals surface area contributed by atoms with Crippen LogP contribution in [0.5, 0.6) is 0 Å². The average molecular weight is 275 g/mol. The third-order valence-corrected chi connectivity index (χ3v) is 4.03. The highest BCUT2D eigenvalue weighted by Crippen LogP contribution is 2.14. The van der Waals surface area contributed by atoms with Gasteiger partial charge in [0.2, 0.25) is 0 Å². The van der Waals surface area contributed by atoms with Crippen LogP contribution in [0.25, 0.3) is 0 Å². The molecule has 0 atom stereocenters. The van der Waals surface area contributed by atoms with Crippen LogP contribution in [0.1, 0.15) is 66.2 Å². The van der Waals surface area contributed by atoms with E-state index in [1.807, 2.05) is 0 Å². The van der Waals surface area contributed by atoms with Gasteiger partial charge in [-0.3, -0.25) is 0 Å². The van der Waals surface area contributed by atoms with Crippen LogP contribution >= 0.6 is 0 Å². The molecule has 3 nitrogen and oxygen atoms in total. The van der Waals surface area contributed by atoms with Gasteiger partial charge in [-0.2, -0.15) is 0 Å². The molecular weight excluding hydrogens is 243 g/mol. The van der Waals surface area contributed by atoms with Crippen molar-refractivity contribution < 1.29 is 0 Å². The van der Waals surface area contributed by atoms with Crippen LogP contribution in [0.2, 0.25) is 6.32 Å². The first-order valence-corrected chi connectivity index (χ1v) is 8.73. The predicted molar refractivity (Wildman–Crippen MR) is 92.6 cm³/mol. The molecule has 0 aliphatic carbocycles. The predicted octanol–water partition coefficient (Wildman–Crippen LogP) is 2.88. The lowest BCUT2D eigenvalue weighted by atomic mass is 9.56. The first kappa shape index (κ1) is 18.1. The van der Waals surface area contributed by atoms with E-state index in [4.69, 9.17) is 0 Å². The number of hydrogen-bond acceptors (Lipinski definition) is 3. The van der Waals surface area contributed by atoms with Crippen LogP contribution in [0, 0.1) is 0 Å². The summed E-state index contributed by atoms with van der Waals surface area (Å²) in [6, 6.07) is 0. The lowest BCUT2D eigenvalue weighted by Gasteiger charge is -2.45. The molecule has 0 unspecified atom stereocenters. The van der Waals surface area contributed by atoms with E-state index in [1.54, 1.807) is 0 Å². The Hall–Kier alpha value is 0.0748. The minimum Gasteiger partial charge on any atom is -0.365 e. The van der Waals surface area contributed by atoms with Gasteiger partial charge in [-0.25, -0.2) is 0 Å². The highest BCUT2D eigenvalue weighted by atomic mass is 15.3. The molecule has 0 saturated carbocycles. The van der Waals surface area contributed by atoms with Gasteiger partial charge in [-0.05, 0) is 45.2 Å². The van der Waals surface area contributed by atoms with Crippen molar-refractivity contribution >= 4 is 22.1 Å². The fourth-order valence-corrected chi connectivity index (χ4v) is 2.78. The summed E-state index contributed by atoms with van der Waals surface area (Å²) < 4.78 is 7.53. The second-order valence-electron chi connectivity index (χ2n) is 5.89. The van der Waals surface area contributed by atoms with Crippen LogP contribution in [0.15, 0.2) is 0 Å². The highest BCUT2D eigenvalue weighted by Gasteiger charge is 2.36. The first-order valence-electron chi connectivity index (χ1n) is 8.73. The zero-order chi connectivity index (χ0) is 14.8. The number of unbranched alkanes of at least 4 members (excludes halogenated alkanes) is 3. The van der Waals surface area contributed by atoms with Gasteiger partial charge >= 0.3 is 0 Å². The molecule has 0 spiro atoms. The van der Waals surface area contributed by atoms with Crippen LogP contribution in [0.4, 0.5) is 0 Å². The minimum atomic E-state index is 0.561. The standard InChI is InChI=1S/C14H32B3N3/c1-5-9-12-18-15-19(13-10-6-2)17(8-4)20(16-18)14-11-7-3/h5-14H2,1-4H3. The largest absolute Gasteiger partial charge is 0.365 e. The molecule has 0 aromatic heterocycles. The van der Waals surface area contributed by atoms with E-state index in [0.29, 0.717) is 6.98 Å². The zero-order valence-corrected chi connectivity index (χ0v) is 14.1. The van der Waals surface area contributed by atoms with Gasteiger partial charge in [0, 0.05) is 0 Å². The Bertz CT molecular complexity index is 226. The van der Waals surface area contributed by atoms with Crippen molar-refractivity contribution in [2.45, 2.75) is 72.5 Å². The lowest BCUT2D eigenvalue weighted by Crippen LogP contribution is -2.67. The summed E-state index contributed by atoms with van der Waals surface area (Å²) in [6.07, 6.45) is 8.85. The van der Waals surface area contributed by atoms with E-state index in [1.165, 1.54) is 57.9 Å². The number of rotatable bonds is 10. The van der Waals surface area contributed by atoms with Gasteiger partial charge in [-0.15, -0.1) is 0 Å². The fourth-order valence-electron chi connectivity index (χ4n) is 2.78. The maximum atomic E-state index is 2.56. The average Bonchev–Trinajstić information content (AvgIpc) is 2.48. The Kier molecular flexibility index (Phi) is 9.74. The van der Waals surface area contributed by atoms with Crippen molar-refractivity contribution in [3.05, 3.63) is 0 Å². The highest BCUT2D eigenvalue weighted by molar-refractivity contribution is 6.74. The summed E-state index contributed by atoms with van der Waals surface area (Å²) >= 11 is 0. The summed E-state index contributed by atoms with van der Waals surface area (Å²) in [5, 5.41) is 0. The summed E-state index contributed by atoms with van der Waals surface area (Å²) in [7, 11) is 4.73. The van der Waals surface area contributed by atoms with E-state index in [9.17, 15) is 0 Å². The van der Waals surface area contributed by atoms with Gasteiger partial charge in [-0.1, -0.05) is 47.0 Å². The molecule has 1 aliphatic heterocycles. The van der Waals surface area contributed by atoms with E-state index < -0.39 is 0 Å². The molecule has 0 bridgehead atoms. The van der Waals surface area contributed by atoms with E-state index in [-0.39, 0.29) is 0 Å². The zero-order valence-electron chi connectivity index (χ0n) is 14.1. The van der Waals surface area contributed by atoms with Gasteiger partial charge in [0.15, 0.2) is 0 Å². The summed E-state index contributed by atoms with van der Waals surface area (Å²) in [5.41, 5.74) is 0. The summed E-state index contributed by atoms with van der Waals surface area (Å²) in [4.78, 5) is 0. The third kappa shape index (κ3) is 5.83. The Morgan fingerprint density at radius 3 is 1.55 bits per heavy atom. The molecule has 0 amide bonds. The van der Waals surface area contributed by atoms with Crippen LogP contribution < -0.4 is 0 Å². The van der Waals surface area contributed by atoms with Gasteiger partial charge in [0.25, 0.3) is 22.1 Å². The summed E-state index contributed by atoms with van der Waals surface area (Å²) in [6.45, 7) is 13.2. The topological polar surface area (TPSA) is 9.72 Å². The quantitative estimate of drug-likeness (QED) is 0.567. The molecule has 112 valence electrons. The van der Waals surface area contributed by atoms with Crippen molar-refractivity contribution in [3.8, 4) is 0 Å². The molecule has 6 heteroatoms. The molecule has 1 fully saturated rings. The molecule has 1 rings (SSSR count). The van der Waals surface area contributed by atoms with Crippen LogP contribution in [0.3, 0.4) is 0 Å². The van der Waals surface area contributed by atoms with Crippen molar-refractivity contribution in [1.82, 2.24) is 14.2 Å². The maximum absolute atomic E-state index is 2.56. The normalized spacial score (nSPS) is 18.1. The molecule has 1 saturated heterocycles. The fraction of sp³-hybridized carbons (Fsp3) is 1.00. The van der Waals surface area contributed by atoms with Crippen LogP contribution in [-0.4, -0.2) is 55.9 Å². The number of hydrogen-bond donors (Lipinski definition) is 0. The van der Waals surface area contributed by atoms with Crippen LogP contribution in [-0.2, 0) is 0 Å². The van der Waals surface area contributed by atoms with Crippen molar-refractivity contribution in [2.24, 2.45) is 0 Å². The molecular formula is C14H32B3N3. The molecule has 0 N–H and O–H groups in total. The monoisotopic (exact) mass is 275 g/mol. The Labute approximate surface area is 129 Å². The van der Waals surface area contributed by atoms with Crippen molar-refractivity contribution in [3.63, 3.8) is 0 Å². The SMILES string of the molecule is CCCCN1[B]N(CCCC)B(CC)N(CCCC)[B]1. The van der Waals surface area contributed by atoms with E-state index in [0.717, 1.165) is 6.54 Å². The Morgan fingerprint density at radius 1 is 0.700 bits per heavy atom. The molecule has 0 aromatic rings. The molecule has 1 heterocycles. The number of nitrogens with zero attached hydrogens (tertiary/aromatic N) is 3. The summed E-state index contributed by atoms with van der Waals surface area (Å²) in [5.74, 6) is 0. The molecule has 2 radical (unpaired) electrons. The van der Waals surface area contributed by atoms with Gasteiger partial charge < -0.3 is 14.2 Å². The first-order chi connectivity index (χ1) is 9.76. The Balaban J connectivity index is 2.62. The minimum absolute atomic E-state index is 0.561. The maximum Gasteiger partial charge on any atom is 0.290 e. The third-order valence-electron chi connectivity index (χ3n) is 4.03. The van der Waals surface area contributed by atoms with Gasteiger partial charge in [0.05, 0.1) is 0 Å². The van der Waals surface area contributed by atoms with E-state index in [2.05, 4.69) is 57.0 Å². The smallest absolute Gasteiger partial charge is 0.290 e. The second kappa shape index (κ2) is 10.8. The van der Waals surface area contributed by atoms with Gasteiger partial charge in [0.1, 0.15) is 0 Å². The molecule has 20 heavy (non-hydrogen) atoms. The Morgan fingerprint density at radius 2 is 1.15 bits per heavy atom. The molecule has 1 aliphatic rings. The lowest BCUT2D eigenvalue weighted by molar-refractivity contribution is 0.439. The molecule has 0 aromatic carbocycles.